The Morgan fingerprint density at radius 2 is 1.80 bits per heavy atom. The average molecular weight is 279 g/mol. The van der Waals surface area contributed by atoms with E-state index in [1.165, 1.54) is 32.1 Å². The van der Waals surface area contributed by atoms with Crippen LogP contribution in [0.3, 0.4) is 0 Å². The van der Waals surface area contributed by atoms with Gasteiger partial charge in [0.05, 0.1) is 5.54 Å². The summed E-state index contributed by atoms with van der Waals surface area (Å²) in [5.74, 6) is 0.736. The number of nitrogens with zero attached hydrogens (tertiary/aromatic N) is 2. The second kappa shape index (κ2) is 6.02. The second-order valence-corrected chi connectivity index (χ2v) is 7.04. The molecule has 1 amide bonds. The van der Waals surface area contributed by atoms with Crippen molar-refractivity contribution in [3.05, 3.63) is 0 Å². The summed E-state index contributed by atoms with van der Waals surface area (Å²) in [6.07, 6.45) is 8.43. The summed E-state index contributed by atoms with van der Waals surface area (Å²) in [4.78, 5) is 17.7. The largest absolute Gasteiger partial charge is 0.334 e. The molecular formula is C16H29N3O. The molecule has 0 unspecified atom stereocenters. The van der Waals surface area contributed by atoms with Crippen molar-refractivity contribution in [2.24, 2.45) is 5.92 Å². The lowest BCUT2D eigenvalue weighted by atomic mass is 9.77. The normalized spacial score (nSPS) is 28.8. The Labute approximate surface area is 122 Å². The van der Waals surface area contributed by atoms with Gasteiger partial charge in [-0.3, -0.25) is 4.79 Å². The van der Waals surface area contributed by atoms with Crippen LogP contribution in [-0.4, -0.2) is 61.0 Å². The summed E-state index contributed by atoms with van der Waals surface area (Å²) in [5.41, 5.74) is 0.160. The van der Waals surface area contributed by atoms with Gasteiger partial charge in [0.1, 0.15) is 0 Å². The standard InChI is InChI=1S/C16H29N3O/c1-18-11-12-19(15(20)14-5-9-17-10-6-14)16(13-18)7-3-2-4-8-16/h14,17H,2-13H2,1H3. The van der Waals surface area contributed by atoms with Gasteiger partial charge < -0.3 is 15.1 Å². The van der Waals surface area contributed by atoms with Gasteiger partial charge in [-0.05, 0) is 45.8 Å². The highest BCUT2D eigenvalue weighted by atomic mass is 16.2. The van der Waals surface area contributed by atoms with Crippen molar-refractivity contribution >= 4 is 5.91 Å². The van der Waals surface area contributed by atoms with E-state index in [4.69, 9.17) is 0 Å². The van der Waals surface area contributed by atoms with Crippen LogP contribution < -0.4 is 5.32 Å². The highest BCUT2D eigenvalue weighted by molar-refractivity contribution is 5.80. The molecule has 114 valence electrons. The number of hydrogen-bond acceptors (Lipinski definition) is 3. The summed E-state index contributed by atoms with van der Waals surface area (Å²) >= 11 is 0. The quantitative estimate of drug-likeness (QED) is 0.789. The number of nitrogens with one attached hydrogen (secondary N) is 1. The smallest absolute Gasteiger partial charge is 0.226 e. The lowest BCUT2D eigenvalue weighted by Crippen LogP contribution is -2.65. The molecule has 0 aromatic carbocycles. The van der Waals surface area contributed by atoms with Crippen LogP contribution in [0.4, 0.5) is 0 Å². The molecule has 4 nitrogen and oxygen atoms in total. The van der Waals surface area contributed by atoms with E-state index < -0.39 is 0 Å². The van der Waals surface area contributed by atoms with Crippen molar-refractivity contribution in [1.29, 1.82) is 0 Å². The summed E-state index contributed by atoms with van der Waals surface area (Å²) in [6.45, 7) is 5.09. The maximum absolute atomic E-state index is 13.0. The minimum atomic E-state index is 0.160. The summed E-state index contributed by atoms with van der Waals surface area (Å²) < 4.78 is 0. The molecule has 0 atom stereocenters. The van der Waals surface area contributed by atoms with E-state index in [-0.39, 0.29) is 11.5 Å². The van der Waals surface area contributed by atoms with Crippen molar-refractivity contribution < 1.29 is 4.79 Å². The van der Waals surface area contributed by atoms with E-state index in [0.29, 0.717) is 5.91 Å². The monoisotopic (exact) mass is 279 g/mol. The second-order valence-electron chi connectivity index (χ2n) is 7.04. The fourth-order valence-electron chi connectivity index (χ4n) is 4.45. The molecule has 0 radical (unpaired) electrons. The Balaban J connectivity index is 1.76. The van der Waals surface area contributed by atoms with E-state index in [9.17, 15) is 4.79 Å². The number of hydrogen-bond donors (Lipinski definition) is 1. The van der Waals surface area contributed by atoms with E-state index >= 15 is 0 Å². The first-order valence-electron chi connectivity index (χ1n) is 8.42. The van der Waals surface area contributed by atoms with Crippen molar-refractivity contribution in [2.45, 2.75) is 50.5 Å². The van der Waals surface area contributed by atoms with Crippen molar-refractivity contribution in [3.8, 4) is 0 Å². The van der Waals surface area contributed by atoms with Crippen molar-refractivity contribution in [3.63, 3.8) is 0 Å². The zero-order valence-corrected chi connectivity index (χ0v) is 12.9. The van der Waals surface area contributed by atoms with Gasteiger partial charge in [0.25, 0.3) is 0 Å². The van der Waals surface area contributed by atoms with Crippen LogP contribution >= 0.6 is 0 Å². The molecule has 3 fully saturated rings. The van der Waals surface area contributed by atoms with E-state index in [2.05, 4.69) is 22.2 Å². The van der Waals surface area contributed by atoms with Crippen molar-refractivity contribution in [2.75, 3.05) is 39.8 Å². The Kier molecular flexibility index (Phi) is 4.32. The predicted octanol–water partition coefficient (Wildman–Crippen LogP) is 1.46. The van der Waals surface area contributed by atoms with Gasteiger partial charge in [-0.15, -0.1) is 0 Å². The highest BCUT2D eigenvalue weighted by Gasteiger charge is 2.45. The molecule has 20 heavy (non-hydrogen) atoms. The zero-order valence-electron chi connectivity index (χ0n) is 12.9. The zero-order chi connectivity index (χ0) is 14.0. The number of rotatable bonds is 1. The van der Waals surface area contributed by atoms with Gasteiger partial charge in [0.15, 0.2) is 0 Å². The van der Waals surface area contributed by atoms with E-state index in [0.717, 1.165) is 45.6 Å². The first-order chi connectivity index (χ1) is 9.71. The summed E-state index contributed by atoms with van der Waals surface area (Å²) in [7, 11) is 2.21. The topological polar surface area (TPSA) is 35.6 Å². The number of carbonyl (C=O) groups is 1. The maximum atomic E-state index is 13.0. The lowest BCUT2D eigenvalue weighted by Gasteiger charge is -2.53. The molecule has 2 heterocycles. The van der Waals surface area contributed by atoms with Crippen LogP contribution in [0.1, 0.15) is 44.9 Å². The lowest BCUT2D eigenvalue weighted by molar-refractivity contribution is -0.149. The van der Waals surface area contributed by atoms with E-state index in [1.54, 1.807) is 0 Å². The van der Waals surface area contributed by atoms with Crippen LogP contribution in [0.2, 0.25) is 0 Å². The molecule has 1 N–H and O–H groups in total. The molecule has 1 aliphatic carbocycles. The maximum Gasteiger partial charge on any atom is 0.226 e. The third-order valence-electron chi connectivity index (χ3n) is 5.58. The van der Waals surface area contributed by atoms with Crippen LogP contribution in [-0.2, 0) is 4.79 Å². The first-order valence-corrected chi connectivity index (χ1v) is 8.42. The molecule has 3 rings (SSSR count). The van der Waals surface area contributed by atoms with Gasteiger partial charge in [-0.2, -0.15) is 0 Å². The molecule has 1 saturated carbocycles. The fraction of sp³-hybridized carbons (Fsp3) is 0.938. The molecule has 4 heteroatoms. The van der Waals surface area contributed by atoms with Gasteiger partial charge >= 0.3 is 0 Å². The Morgan fingerprint density at radius 1 is 1.10 bits per heavy atom. The van der Waals surface area contributed by atoms with Crippen LogP contribution in [0.25, 0.3) is 0 Å². The van der Waals surface area contributed by atoms with Gasteiger partial charge in [-0.1, -0.05) is 19.3 Å². The molecule has 2 saturated heterocycles. The molecule has 1 spiro atoms. The van der Waals surface area contributed by atoms with E-state index in [1.807, 2.05) is 0 Å². The third-order valence-corrected chi connectivity index (χ3v) is 5.58. The number of piperazine rings is 1. The number of carbonyl (C=O) groups excluding carboxylic acids is 1. The highest BCUT2D eigenvalue weighted by Crippen LogP contribution is 2.37. The van der Waals surface area contributed by atoms with Crippen LogP contribution in [0, 0.1) is 5.92 Å². The molecule has 0 bridgehead atoms. The first kappa shape index (κ1) is 14.3. The summed E-state index contributed by atoms with van der Waals surface area (Å²) in [5, 5.41) is 3.37. The molecule has 0 aromatic heterocycles. The van der Waals surface area contributed by atoms with Gasteiger partial charge in [-0.25, -0.2) is 0 Å². The predicted molar refractivity (Wildman–Crippen MR) is 80.6 cm³/mol. The average Bonchev–Trinajstić information content (AvgIpc) is 2.48. The minimum Gasteiger partial charge on any atom is -0.334 e. The molecule has 3 aliphatic rings. The number of likely N-dealkylation sites (N-methyl/N-ethyl adjacent to an activating group) is 1. The third kappa shape index (κ3) is 2.73. The fourth-order valence-corrected chi connectivity index (χ4v) is 4.45. The van der Waals surface area contributed by atoms with Crippen LogP contribution in [0.15, 0.2) is 0 Å². The Hall–Kier alpha value is -0.610. The number of amides is 1. The minimum absolute atomic E-state index is 0.160. The number of piperidine rings is 1. The Morgan fingerprint density at radius 3 is 2.50 bits per heavy atom. The SMILES string of the molecule is CN1CCN(C(=O)C2CCNCC2)C2(CCCCC2)C1. The van der Waals surface area contributed by atoms with Gasteiger partial charge in [0, 0.05) is 25.6 Å². The summed E-state index contributed by atoms with van der Waals surface area (Å²) in [6, 6.07) is 0. The molecule has 0 aromatic rings. The molecule has 2 aliphatic heterocycles. The Bertz CT molecular complexity index is 346. The molecular weight excluding hydrogens is 250 g/mol. The van der Waals surface area contributed by atoms with Crippen molar-refractivity contribution in [1.82, 2.24) is 15.1 Å². The van der Waals surface area contributed by atoms with Crippen LogP contribution in [0.5, 0.6) is 0 Å². The van der Waals surface area contributed by atoms with Gasteiger partial charge in [0.2, 0.25) is 5.91 Å².